The lowest BCUT2D eigenvalue weighted by molar-refractivity contribution is 0.503. The summed E-state index contributed by atoms with van der Waals surface area (Å²) in [7, 11) is 0. The molecule has 98 valence electrons. The average Bonchev–Trinajstić information content (AvgIpc) is 3.16. The standard InChI is InChI=1S/C14H18F2N2/c1-2-10-7-17-13-5-11(15)12(16)6-14(13)18(10)8-9-3-4-9/h5-6,9-10,17H,2-4,7-8H2,1H3. The lowest BCUT2D eigenvalue weighted by Gasteiger charge is -2.39. The summed E-state index contributed by atoms with van der Waals surface area (Å²) in [4.78, 5) is 2.26. The van der Waals surface area contributed by atoms with Crippen LogP contribution in [0.1, 0.15) is 26.2 Å². The van der Waals surface area contributed by atoms with Crippen molar-refractivity contribution >= 4 is 11.4 Å². The monoisotopic (exact) mass is 252 g/mol. The molecule has 1 aromatic carbocycles. The molecular weight excluding hydrogens is 234 g/mol. The van der Waals surface area contributed by atoms with Crippen molar-refractivity contribution in [3.05, 3.63) is 23.8 Å². The normalized spacial score (nSPS) is 22.6. The molecule has 0 saturated heterocycles. The van der Waals surface area contributed by atoms with Crippen LogP contribution in [0.15, 0.2) is 12.1 Å². The number of hydrogen-bond acceptors (Lipinski definition) is 2. The van der Waals surface area contributed by atoms with Crippen molar-refractivity contribution in [2.45, 2.75) is 32.2 Å². The number of nitrogens with zero attached hydrogens (tertiary/aromatic N) is 1. The van der Waals surface area contributed by atoms with Gasteiger partial charge < -0.3 is 10.2 Å². The first-order valence-corrected chi connectivity index (χ1v) is 6.68. The van der Waals surface area contributed by atoms with Gasteiger partial charge in [-0.15, -0.1) is 0 Å². The molecule has 0 aromatic heterocycles. The van der Waals surface area contributed by atoms with E-state index in [0.717, 1.165) is 36.8 Å². The van der Waals surface area contributed by atoms with E-state index in [1.54, 1.807) is 0 Å². The first-order valence-electron chi connectivity index (χ1n) is 6.68. The largest absolute Gasteiger partial charge is 0.381 e. The van der Waals surface area contributed by atoms with Gasteiger partial charge in [-0.1, -0.05) is 6.92 Å². The van der Waals surface area contributed by atoms with Crippen molar-refractivity contribution in [3.8, 4) is 0 Å². The third-order valence-electron chi connectivity index (χ3n) is 3.94. The molecule has 0 spiro atoms. The summed E-state index contributed by atoms with van der Waals surface area (Å²) in [6.07, 6.45) is 3.54. The Morgan fingerprint density at radius 3 is 2.67 bits per heavy atom. The van der Waals surface area contributed by atoms with E-state index in [1.807, 2.05) is 0 Å². The minimum absolute atomic E-state index is 0.378. The number of halogens is 2. The average molecular weight is 252 g/mol. The minimum atomic E-state index is -0.775. The van der Waals surface area contributed by atoms with Gasteiger partial charge in [0.05, 0.1) is 11.4 Å². The minimum Gasteiger partial charge on any atom is -0.381 e. The summed E-state index contributed by atoms with van der Waals surface area (Å²) in [6, 6.07) is 2.99. The molecule has 1 fully saturated rings. The summed E-state index contributed by atoms with van der Waals surface area (Å²) in [5.74, 6) is -0.797. The molecule has 1 aliphatic heterocycles. The molecule has 3 rings (SSSR count). The summed E-state index contributed by atoms with van der Waals surface area (Å²) in [5, 5.41) is 3.21. The molecule has 1 unspecified atom stereocenters. The van der Waals surface area contributed by atoms with Crippen molar-refractivity contribution in [3.63, 3.8) is 0 Å². The second kappa shape index (κ2) is 4.41. The maximum absolute atomic E-state index is 13.4. The van der Waals surface area contributed by atoms with E-state index in [9.17, 15) is 8.78 Å². The van der Waals surface area contributed by atoms with Crippen LogP contribution in [-0.2, 0) is 0 Å². The molecule has 1 aromatic rings. The Balaban J connectivity index is 1.96. The van der Waals surface area contributed by atoms with Crippen LogP contribution in [-0.4, -0.2) is 19.1 Å². The highest BCUT2D eigenvalue weighted by Gasteiger charge is 2.31. The third kappa shape index (κ3) is 2.04. The van der Waals surface area contributed by atoms with Crippen LogP contribution < -0.4 is 10.2 Å². The van der Waals surface area contributed by atoms with Crippen molar-refractivity contribution in [2.24, 2.45) is 5.92 Å². The van der Waals surface area contributed by atoms with E-state index in [4.69, 9.17) is 0 Å². The number of hydrogen-bond donors (Lipinski definition) is 1. The molecule has 1 saturated carbocycles. The lowest BCUT2D eigenvalue weighted by atomic mass is 10.1. The zero-order valence-corrected chi connectivity index (χ0v) is 10.5. The lowest BCUT2D eigenvalue weighted by Crippen LogP contribution is -2.44. The number of fused-ring (bicyclic) bond motifs is 1. The first kappa shape index (κ1) is 11.8. The molecule has 18 heavy (non-hydrogen) atoms. The molecular formula is C14H18F2N2. The quantitative estimate of drug-likeness (QED) is 0.887. The van der Waals surface area contributed by atoms with E-state index in [1.165, 1.54) is 25.0 Å². The van der Waals surface area contributed by atoms with Crippen molar-refractivity contribution in [2.75, 3.05) is 23.3 Å². The Hall–Kier alpha value is -1.32. The molecule has 2 nitrogen and oxygen atoms in total. The third-order valence-corrected chi connectivity index (χ3v) is 3.94. The van der Waals surface area contributed by atoms with E-state index >= 15 is 0 Å². The van der Waals surface area contributed by atoms with E-state index in [-0.39, 0.29) is 0 Å². The number of nitrogens with one attached hydrogen (secondary N) is 1. The summed E-state index contributed by atoms with van der Waals surface area (Å²) in [5.41, 5.74) is 1.54. The van der Waals surface area contributed by atoms with E-state index in [0.29, 0.717) is 6.04 Å². The zero-order valence-electron chi connectivity index (χ0n) is 10.5. The SMILES string of the molecule is CCC1CNc2cc(F)c(F)cc2N1CC1CC1. The fraction of sp³-hybridized carbons (Fsp3) is 0.571. The van der Waals surface area contributed by atoms with Gasteiger partial charge in [0, 0.05) is 31.3 Å². The Morgan fingerprint density at radius 1 is 1.28 bits per heavy atom. The molecule has 4 heteroatoms. The fourth-order valence-corrected chi connectivity index (χ4v) is 2.64. The molecule has 1 atom stereocenters. The summed E-state index contributed by atoms with van der Waals surface area (Å²) >= 11 is 0. The predicted molar refractivity (Wildman–Crippen MR) is 69.0 cm³/mol. The highest BCUT2D eigenvalue weighted by molar-refractivity contribution is 5.73. The van der Waals surface area contributed by atoms with Crippen LogP contribution in [0.2, 0.25) is 0 Å². The smallest absolute Gasteiger partial charge is 0.161 e. The van der Waals surface area contributed by atoms with Crippen LogP contribution >= 0.6 is 0 Å². The molecule has 1 heterocycles. The van der Waals surface area contributed by atoms with Crippen LogP contribution in [0, 0.1) is 17.6 Å². The van der Waals surface area contributed by atoms with Gasteiger partial charge >= 0.3 is 0 Å². The number of benzene rings is 1. The molecule has 0 radical (unpaired) electrons. The highest BCUT2D eigenvalue weighted by Crippen LogP contribution is 2.38. The van der Waals surface area contributed by atoms with Gasteiger partial charge in [0.15, 0.2) is 11.6 Å². The Morgan fingerprint density at radius 2 is 2.00 bits per heavy atom. The van der Waals surface area contributed by atoms with Gasteiger partial charge in [-0.2, -0.15) is 0 Å². The molecule has 2 aliphatic rings. The fourth-order valence-electron chi connectivity index (χ4n) is 2.64. The van der Waals surface area contributed by atoms with Crippen LogP contribution in [0.5, 0.6) is 0 Å². The van der Waals surface area contributed by atoms with Gasteiger partial charge in [0.1, 0.15) is 0 Å². The van der Waals surface area contributed by atoms with Gasteiger partial charge in [-0.25, -0.2) is 8.78 Å². The maximum Gasteiger partial charge on any atom is 0.161 e. The van der Waals surface area contributed by atoms with Crippen molar-refractivity contribution < 1.29 is 8.78 Å². The topological polar surface area (TPSA) is 15.3 Å². The van der Waals surface area contributed by atoms with E-state index < -0.39 is 11.6 Å². The Bertz CT molecular complexity index is 457. The van der Waals surface area contributed by atoms with Gasteiger partial charge in [-0.05, 0) is 25.2 Å². The van der Waals surface area contributed by atoms with Crippen LogP contribution in [0.4, 0.5) is 20.2 Å². The van der Waals surface area contributed by atoms with Crippen molar-refractivity contribution in [1.29, 1.82) is 0 Å². The molecule has 0 bridgehead atoms. The molecule has 0 amide bonds. The van der Waals surface area contributed by atoms with Gasteiger partial charge in [0.25, 0.3) is 0 Å². The zero-order chi connectivity index (χ0) is 12.7. The summed E-state index contributed by atoms with van der Waals surface area (Å²) in [6.45, 7) is 3.91. The number of anilines is 2. The van der Waals surface area contributed by atoms with Crippen LogP contribution in [0.3, 0.4) is 0 Å². The second-order valence-electron chi connectivity index (χ2n) is 5.32. The van der Waals surface area contributed by atoms with Gasteiger partial charge in [0.2, 0.25) is 0 Å². The summed E-state index contributed by atoms with van der Waals surface area (Å²) < 4.78 is 26.7. The molecule has 1 aliphatic carbocycles. The Kier molecular flexibility index (Phi) is 2.88. The predicted octanol–water partition coefficient (Wildman–Crippen LogP) is 3.39. The first-order chi connectivity index (χ1) is 8.69. The Labute approximate surface area is 106 Å². The van der Waals surface area contributed by atoms with Crippen molar-refractivity contribution in [1.82, 2.24) is 0 Å². The van der Waals surface area contributed by atoms with E-state index in [2.05, 4.69) is 17.1 Å². The second-order valence-corrected chi connectivity index (χ2v) is 5.32. The number of rotatable bonds is 3. The maximum atomic E-state index is 13.4. The van der Waals surface area contributed by atoms with Crippen LogP contribution in [0.25, 0.3) is 0 Å². The molecule has 1 N–H and O–H groups in total. The van der Waals surface area contributed by atoms with Gasteiger partial charge in [-0.3, -0.25) is 0 Å². The highest BCUT2D eigenvalue weighted by atomic mass is 19.2.